The van der Waals surface area contributed by atoms with Crippen LogP contribution in [0, 0.1) is 0 Å². The zero-order chi connectivity index (χ0) is 21.5. The second-order valence-corrected chi connectivity index (χ2v) is 7.88. The quantitative estimate of drug-likeness (QED) is 0.516. The number of aliphatic hydroxyl groups is 2. The Labute approximate surface area is 183 Å². The highest BCUT2D eigenvalue weighted by molar-refractivity contribution is 9.10. The largest absolute Gasteiger partial charge is 0.503 e. The number of carbonyl (C=O) groups is 2. The maximum absolute atomic E-state index is 13.1. The molecule has 0 spiro atoms. The van der Waals surface area contributed by atoms with Crippen LogP contribution in [0.2, 0.25) is 0 Å². The third-order valence-corrected chi connectivity index (χ3v) is 5.51. The van der Waals surface area contributed by atoms with Gasteiger partial charge in [0.2, 0.25) is 0 Å². The molecule has 3 rings (SSSR count). The van der Waals surface area contributed by atoms with E-state index in [1.807, 2.05) is 54.6 Å². The van der Waals surface area contributed by atoms with Crippen molar-refractivity contribution in [3.05, 3.63) is 81.5 Å². The molecule has 0 saturated carbocycles. The molecule has 1 amide bonds. The number of ether oxygens (including phenoxy) is 1. The lowest BCUT2D eigenvalue weighted by molar-refractivity contribution is -0.130. The maximum Gasteiger partial charge on any atom is 0.290 e. The SMILES string of the molecule is O=C(CCc1ccccc1)C1=C(O)C(=O)N(CCOCCO)C1c1ccc(Br)cc1. The van der Waals surface area contributed by atoms with E-state index in [0.717, 1.165) is 15.6 Å². The summed E-state index contributed by atoms with van der Waals surface area (Å²) in [4.78, 5) is 27.3. The fourth-order valence-electron chi connectivity index (χ4n) is 3.53. The van der Waals surface area contributed by atoms with Crippen LogP contribution in [-0.2, 0) is 20.7 Å². The highest BCUT2D eigenvalue weighted by atomic mass is 79.9. The lowest BCUT2D eigenvalue weighted by Gasteiger charge is -2.27. The molecule has 0 aromatic heterocycles. The number of aliphatic hydroxyl groups excluding tert-OH is 2. The minimum atomic E-state index is -0.674. The number of amides is 1. The number of Topliss-reactive ketones (excluding diaryl/α,β-unsaturated/α-hetero) is 1. The number of carbonyl (C=O) groups excluding carboxylic acids is 2. The number of rotatable bonds is 10. The van der Waals surface area contributed by atoms with E-state index < -0.39 is 17.7 Å². The van der Waals surface area contributed by atoms with Crippen molar-refractivity contribution in [3.63, 3.8) is 0 Å². The molecule has 0 radical (unpaired) electrons. The lowest BCUT2D eigenvalue weighted by Crippen LogP contribution is -2.34. The molecule has 1 aliphatic heterocycles. The molecule has 1 aliphatic rings. The molecule has 0 saturated heterocycles. The third kappa shape index (κ3) is 5.16. The lowest BCUT2D eigenvalue weighted by atomic mass is 9.93. The molecule has 0 bridgehead atoms. The van der Waals surface area contributed by atoms with Gasteiger partial charge in [-0.2, -0.15) is 0 Å². The Hall–Kier alpha value is -2.48. The summed E-state index contributed by atoms with van der Waals surface area (Å²) in [5, 5.41) is 19.4. The van der Waals surface area contributed by atoms with Crippen LogP contribution in [0.1, 0.15) is 23.6 Å². The average Bonchev–Trinajstić information content (AvgIpc) is 3.01. The van der Waals surface area contributed by atoms with E-state index in [0.29, 0.717) is 6.42 Å². The van der Waals surface area contributed by atoms with E-state index in [-0.39, 0.29) is 44.1 Å². The molecule has 0 aliphatic carbocycles. The smallest absolute Gasteiger partial charge is 0.290 e. The van der Waals surface area contributed by atoms with Gasteiger partial charge < -0.3 is 19.8 Å². The van der Waals surface area contributed by atoms with Crippen LogP contribution in [0.15, 0.2) is 70.4 Å². The molecule has 158 valence electrons. The summed E-state index contributed by atoms with van der Waals surface area (Å²) in [5.41, 5.74) is 1.88. The molecule has 0 fully saturated rings. The molecule has 7 heteroatoms. The maximum atomic E-state index is 13.1. The predicted octanol–water partition coefficient (Wildman–Crippen LogP) is 3.36. The van der Waals surface area contributed by atoms with Crippen LogP contribution in [-0.4, -0.2) is 53.2 Å². The molecule has 2 aromatic rings. The van der Waals surface area contributed by atoms with Gasteiger partial charge in [0.25, 0.3) is 5.91 Å². The zero-order valence-electron chi connectivity index (χ0n) is 16.5. The van der Waals surface area contributed by atoms with Gasteiger partial charge in [-0.05, 0) is 29.7 Å². The van der Waals surface area contributed by atoms with E-state index in [1.165, 1.54) is 4.90 Å². The molecule has 30 heavy (non-hydrogen) atoms. The molecule has 1 atom stereocenters. The first kappa shape index (κ1) is 22.2. The number of aryl methyl sites for hydroxylation is 1. The molecule has 2 N–H and O–H groups in total. The zero-order valence-corrected chi connectivity index (χ0v) is 18.0. The van der Waals surface area contributed by atoms with Crippen molar-refractivity contribution in [2.75, 3.05) is 26.4 Å². The standard InChI is InChI=1S/C23H24BrNO5/c24-18-9-7-17(8-10-18)21-20(19(27)11-6-16-4-2-1-3-5-16)22(28)23(29)25(21)12-14-30-15-13-26/h1-5,7-10,21,26,28H,6,11-15H2. The third-order valence-electron chi connectivity index (χ3n) is 4.99. The van der Waals surface area contributed by atoms with Gasteiger partial charge in [-0.3, -0.25) is 9.59 Å². The van der Waals surface area contributed by atoms with Gasteiger partial charge >= 0.3 is 0 Å². The summed E-state index contributed by atoms with van der Waals surface area (Å²) in [5.74, 6) is -1.34. The van der Waals surface area contributed by atoms with Crippen molar-refractivity contribution < 1.29 is 24.5 Å². The van der Waals surface area contributed by atoms with E-state index in [4.69, 9.17) is 9.84 Å². The van der Waals surface area contributed by atoms with Crippen molar-refractivity contribution in [1.29, 1.82) is 0 Å². The molecular formula is C23H24BrNO5. The van der Waals surface area contributed by atoms with Gasteiger partial charge in [0.15, 0.2) is 11.5 Å². The summed E-state index contributed by atoms with van der Waals surface area (Å²) < 4.78 is 6.17. The second-order valence-electron chi connectivity index (χ2n) is 6.96. The van der Waals surface area contributed by atoms with Gasteiger partial charge in [-0.25, -0.2) is 0 Å². The Morgan fingerprint density at radius 2 is 1.77 bits per heavy atom. The number of hydrogen-bond acceptors (Lipinski definition) is 5. The first-order valence-electron chi connectivity index (χ1n) is 9.78. The molecule has 1 unspecified atom stereocenters. The van der Waals surface area contributed by atoms with E-state index >= 15 is 0 Å². The Morgan fingerprint density at radius 1 is 1.07 bits per heavy atom. The fraction of sp³-hybridized carbons (Fsp3) is 0.304. The highest BCUT2D eigenvalue weighted by Crippen LogP contribution is 2.38. The monoisotopic (exact) mass is 473 g/mol. The number of benzene rings is 2. The summed E-state index contributed by atoms with van der Waals surface area (Å²) in [7, 11) is 0. The molecule has 2 aromatic carbocycles. The number of nitrogens with zero attached hydrogens (tertiary/aromatic N) is 1. The minimum absolute atomic E-state index is 0.114. The topological polar surface area (TPSA) is 87.1 Å². The van der Waals surface area contributed by atoms with Gasteiger partial charge in [-0.15, -0.1) is 0 Å². The first-order chi connectivity index (χ1) is 14.5. The molecular weight excluding hydrogens is 450 g/mol. The fourth-order valence-corrected chi connectivity index (χ4v) is 3.79. The minimum Gasteiger partial charge on any atom is -0.503 e. The molecule has 1 heterocycles. The predicted molar refractivity (Wildman–Crippen MR) is 116 cm³/mol. The van der Waals surface area contributed by atoms with Crippen LogP contribution >= 0.6 is 15.9 Å². The Morgan fingerprint density at radius 3 is 2.43 bits per heavy atom. The van der Waals surface area contributed by atoms with Crippen molar-refractivity contribution in [2.45, 2.75) is 18.9 Å². The average molecular weight is 474 g/mol. The van der Waals surface area contributed by atoms with Crippen LogP contribution in [0.4, 0.5) is 0 Å². The summed E-state index contributed by atoms with van der Waals surface area (Å²) in [6.45, 7) is 0.432. The van der Waals surface area contributed by atoms with Crippen LogP contribution in [0.25, 0.3) is 0 Å². The number of ketones is 1. The van der Waals surface area contributed by atoms with E-state index in [9.17, 15) is 14.7 Å². The van der Waals surface area contributed by atoms with E-state index in [2.05, 4.69) is 15.9 Å². The Kier molecular flexibility index (Phi) is 7.79. The van der Waals surface area contributed by atoms with Crippen molar-refractivity contribution in [2.24, 2.45) is 0 Å². The van der Waals surface area contributed by atoms with Crippen LogP contribution < -0.4 is 0 Å². The normalized spacial score (nSPS) is 16.4. The summed E-state index contributed by atoms with van der Waals surface area (Å²) >= 11 is 3.39. The Balaban J connectivity index is 1.84. The van der Waals surface area contributed by atoms with Crippen molar-refractivity contribution in [1.82, 2.24) is 4.90 Å². The summed E-state index contributed by atoms with van der Waals surface area (Å²) in [6.07, 6.45) is 0.718. The molecule has 6 nitrogen and oxygen atoms in total. The number of halogens is 1. The summed E-state index contributed by atoms with van der Waals surface area (Å²) in [6, 6.07) is 16.3. The second kappa shape index (κ2) is 10.5. The van der Waals surface area contributed by atoms with Gasteiger partial charge in [0, 0.05) is 17.4 Å². The number of hydrogen-bond donors (Lipinski definition) is 2. The van der Waals surface area contributed by atoms with E-state index in [1.54, 1.807) is 0 Å². The highest BCUT2D eigenvalue weighted by Gasteiger charge is 2.42. The Bertz CT molecular complexity index is 911. The van der Waals surface area contributed by atoms with Crippen LogP contribution in [0.3, 0.4) is 0 Å². The van der Waals surface area contributed by atoms with Gasteiger partial charge in [0.1, 0.15) is 0 Å². The van der Waals surface area contributed by atoms with Crippen molar-refractivity contribution in [3.8, 4) is 0 Å². The van der Waals surface area contributed by atoms with Gasteiger partial charge in [0.05, 0.1) is 31.4 Å². The van der Waals surface area contributed by atoms with Gasteiger partial charge in [-0.1, -0.05) is 58.4 Å². The van der Waals surface area contributed by atoms with Crippen LogP contribution in [0.5, 0.6) is 0 Å². The van der Waals surface area contributed by atoms with Crippen molar-refractivity contribution >= 4 is 27.6 Å². The first-order valence-corrected chi connectivity index (χ1v) is 10.6.